The third-order valence-electron chi connectivity index (χ3n) is 3.48. The Bertz CT molecular complexity index is 331. The van der Waals surface area contributed by atoms with Gasteiger partial charge in [0.2, 0.25) is 0 Å². The minimum absolute atomic E-state index is 0.397. The number of rotatable bonds is 4. The van der Waals surface area contributed by atoms with Crippen LogP contribution in [0.5, 0.6) is 0 Å². The molecular formula is C14H21ClN2. The monoisotopic (exact) mass is 252 g/mol. The topological polar surface area (TPSA) is 24.1 Å². The lowest BCUT2D eigenvalue weighted by Gasteiger charge is -2.25. The van der Waals surface area contributed by atoms with Crippen molar-refractivity contribution in [2.24, 2.45) is 5.92 Å². The zero-order valence-electron chi connectivity index (χ0n) is 10.4. The molecule has 17 heavy (non-hydrogen) atoms. The molecule has 2 nitrogen and oxygen atoms in total. The van der Waals surface area contributed by atoms with Gasteiger partial charge in [-0.15, -0.1) is 0 Å². The fraction of sp³-hybridized carbons (Fsp3) is 0.571. The SMILES string of the molecule is C[C@@H](NCC1CCCNC1)c1ccc(Cl)cc1. The molecule has 0 bridgehead atoms. The molecule has 3 heteroatoms. The average Bonchev–Trinajstić information content (AvgIpc) is 2.38. The summed E-state index contributed by atoms with van der Waals surface area (Å²) in [6, 6.07) is 8.50. The summed E-state index contributed by atoms with van der Waals surface area (Å²) in [5.74, 6) is 0.776. The molecule has 1 aliphatic rings. The van der Waals surface area contributed by atoms with Crippen molar-refractivity contribution < 1.29 is 0 Å². The van der Waals surface area contributed by atoms with Gasteiger partial charge in [0, 0.05) is 11.1 Å². The quantitative estimate of drug-likeness (QED) is 0.861. The highest BCUT2D eigenvalue weighted by atomic mass is 35.5. The van der Waals surface area contributed by atoms with Gasteiger partial charge < -0.3 is 10.6 Å². The second kappa shape index (κ2) is 6.39. The van der Waals surface area contributed by atoms with Crippen molar-refractivity contribution in [1.82, 2.24) is 10.6 Å². The van der Waals surface area contributed by atoms with Crippen LogP contribution < -0.4 is 10.6 Å². The lowest BCUT2D eigenvalue weighted by atomic mass is 9.99. The van der Waals surface area contributed by atoms with Gasteiger partial charge in [-0.3, -0.25) is 0 Å². The molecule has 94 valence electrons. The molecule has 1 aromatic rings. The van der Waals surface area contributed by atoms with Gasteiger partial charge in [0.25, 0.3) is 0 Å². The van der Waals surface area contributed by atoms with Crippen LogP contribution in [0.2, 0.25) is 5.02 Å². The van der Waals surface area contributed by atoms with Crippen LogP contribution >= 0.6 is 11.6 Å². The minimum atomic E-state index is 0.397. The maximum atomic E-state index is 5.89. The number of nitrogens with one attached hydrogen (secondary N) is 2. The first-order valence-electron chi connectivity index (χ1n) is 6.45. The van der Waals surface area contributed by atoms with Crippen molar-refractivity contribution in [2.45, 2.75) is 25.8 Å². The first kappa shape index (κ1) is 12.9. The molecule has 0 aliphatic carbocycles. The summed E-state index contributed by atoms with van der Waals surface area (Å²) >= 11 is 5.89. The van der Waals surface area contributed by atoms with E-state index < -0.39 is 0 Å². The Morgan fingerprint density at radius 3 is 2.82 bits per heavy atom. The zero-order valence-corrected chi connectivity index (χ0v) is 11.1. The Morgan fingerprint density at radius 1 is 1.41 bits per heavy atom. The highest BCUT2D eigenvalue weighted by molar-refractivity contribution is 6.30. The summed E-state index contributed by atoms with van der Waals surface area (Å²) in [4.78, 5) is 0. The molecule has 0 saturated carbocycles. The van der Waals surface area contributed by atoms with Crippen LogP contribution in [-0.2, 0) is 0 Å². The number of hydrogen-bond acceptors (Lipinski definition) is 2. The van der Waals surface area contributed by atoms with E-state index in [1.54, 1.807) is 0 Å². The number of benzene rings is 1. The van der Waals surface area contributed by atoms with Crippen molar-refractivity contribution in [3.63, 3.8) is 0 Å². The Kier molecular flexibility index (Phi) is 4.84. The zero-order chi connectivity index (χ0) is 12.1. The molecule has 0 radical (unpaired) electrons. The Morgan fingerprint density at radius 2 is 2.18 bits per heavy atom. The third-order valence-corrected chi connectivity index (χ3v) is 3.73. The predicted octanol–water partition coefficient (Wildman–Crippen LogP) is 2.99. The van der Waals surface area contributed by atoms with Gasteiger partial charge in [-0.05, 0) is 63.0 Å². The maximum absolute atomic E-state index is 5.89. The van der Waals surface area contributed by atoms with E-state index in [0.717, 1.165) is 24.0 Å². The second-order valence-corrected chi connectivity index (χ2v) is 5.33. The standard InChI is InChI=1S/C14H21ClN2/c1-11(13-4-6-14(15)7-5-13)17-10-12-3-2-8-16-9-12/h4-7,11-12,16-17H,2-3,8-10H2,1H3/t11-,12?/m1/s1. The lowest BCUT2D eigenvalue weighted by Crippen LogP contribution is -2.36. The summed E-state index contributed by atoms with van der Waals surface area (Å²) in [5, 5.41) is 7.86. The number of halogens is 1. The van der Waals surface area contributed by atoms with Crippen molar-refractivity contribution in [1.29, 1.82) is 0 Å². The summed E-state index contributed by atoms with van der Waals surface area (Å²) in [7, 11) is 0. The fourth-order valence-corrected chi connectivity index (χ4v) is 2.44. The molecular weight excluding hydrogens is 232 g/mol. The molecule has 1 unspecified atom stereocenters. The Hall–Kier alpha value is -0.570. The van der Waals surface area contributed by atoms with Crippen LogP contribution in [0, 0.1) is 5.92 Å². The van der Waals surface area contributed by atoms with Crippen LogP contribution in [0.4, 0.5) is 0 Å². The van der Waals surface area contributed by atoms with Crippen molar-refractivity contribution in [3.8, 4) is 0 Å². The maximum Gasteiger partial charge on any atom is 0.0406 e. The Balaban J connectivity index is 1.80. The first-order chi connectivity index (χ1) is 8.25. The molecule has 2 rings (SSSR count). The molecule has 1 aromatic carbocycles. The third kappa shape index (κ3) is 3.98. The molecule has 0 aromatic heterocycles. The molecule has 0 amide bonds. The highest BCUT2D eigenvalue weighted by Crippen LogP contribution is 2.17. The minimum Gasteiger partial charge on any atom is -0.316 e. The number of hydrogen-bond donors (Lipinski definition) is 2. The van der Waals surface area contributed by atoms with Crippen molar-refractivity contribution in [2.75, 3.05) is 19.6 Å². The van der Waals surface area contributed by atoms with Gasteiger partial charge in [0.05, 0.1) is 0 Å². The van der Waals surface area contributed by atoms with Gasteiger partial charge in [0.15, 0.2) is 0 Å². The lowest BCUT2D eigenvalue weighted by molar-refractivity contribution is 0.348. The summed E-state index contributed by atoms with van der Waals surface area (Å²) in [6.45, 7) is 5.64. The van der Waals surface area contributed by atoms with E-state index in [2.05, 4.69) is 29.7 Å². The van der Waals surface area contributed by atoms with Crippen LogP contribution in [-0.4, -0.2) is 19.6 Å². The second-order valence-electron chi connectivity index (χ2n) is 4.89. The van der Waals surface area contributed by atoms with Crippen LogP contribution in [0.15, 0.2) is 24.3 Å². The first-order valence-corrected chi connectivity index (χ1v) is 6.83. The van der Waals surface area contributed by atoms with Crippen molar-refractivity contribution in [3.05, 3.63) is 34.9 Å². The summed E-state index contributed by atoms with van der Waals surface area (Å²) in [5.41, 5.74) is 1.30. The largest absolute Gasteiger partial charge is 0.316 e. The van der Waals surface area contributed by atoms with E-state index in [0.29, 0.717) is 6.04 Å². The van der Waals surface area contributed by atoms with E-state index in [1.807, 2.05) is 12.1 Å². The Labute approximate surface area is 109 Å². The highest BCUT2D eigenvalue weighted by Gasteiger charge is 2.14. The van der Waals surface area contributed by atoms with Crippen molar-refractivity contribution >= 4 is 11.6 Å². The predicted molar refractivity (Wildman–Crippen MR) is 73.5 cm³/mol. The van der Waals surface area contributed by atoms with Gasteiger partial charge >= 0.3 is 0 Å². The normalized spacial score (nSPS) is 22.4. The van der Waals surface area contributed by atoms with Crippen LogP contribution in [0.1, 0.15) is 31.4 Å². The van der Waals surface area contributed by atoms with E-state index in [-0.39, 0.29) is 0 Å². The molecule has 1 heterocycles. The van der Waals surface area contributed by atoms with Gasteiger partial charge in [-0.25, -0.2) is 0 Å². The molecule has 0 spiro atoms. The molecule has 2 N–H and O–H groups in total. The molecule has 1 fully saturated rings. The fourth-order valence-electron chi connectivity index (χ4n) is 2.31. The average molecular weight is 253 g/mol. The van der Waals surface area contributed by atoms with Gasteiger partial charge in [-0.1, -0.05) is 23.7 Å². The van der Waals surface area contributed by atoms with E-state index >= 15 is 0 Å². The smallest absolute Gasteiger partial charge is 0.0406 e. The van der Waals surface area contributed by atoms with E-state index in [4.69, 9.17) is 11.6 Å². The van der Waals surface area contributed by atoms with Gasteiger partial charge in [-0.2, -0.15) is 0 Å². The molecule has 1 aliphatic heterocycles. The number of piperidine rings is 1. The summed E-state index contributed by atoms with van der Waals surface area (Å²) < 4.78 is 0. The van der Waals surface area contributed by atoms with Crippen LogP contribution in [0.25, 0.3) is 0 Å². The van der Waals surface area contributed by atoms with E-state index in [1.165, 1.54) is 24.9 Å². The molecule has 1 saturated heterocycles. The van der Waals surface area contributed by atoms with Gasteiger partial charge in [0.1, 0.15) is 0 Å². The molecule has 2 atom stereocenters. The van der Waals surface area contributed by atoms with Crippen LogP contribution in [0.3, 0.4) is 0 Å². The van der Waals surface area contributed by atoms with E-state index in [9.17, 15) is 0 Å². The summed E-state index contributed by atoms with van der Waals surface area (Å²) in [6.07, 6.45) is 2.65.